The SMILES string of the molecule is O=C(Nc1ccc(-n2cccc2)cc1)Nc1ccc(Cl)cc1Cl. The number of carbonyl (C=O) groups excluding carboxylic acids is 1. The van der Waals surface area contributed by atoms with Crippen LogP contribution in [0.15, 0.2) is 67.0 Å². The average molecular weight is 346 g/mol. The summed E-state index contributed by atoms with van der Waals surface area (Å²) in [5, 5.41) is 6.34. The summed E-state index contributed by atoms with van der Waals surface area (Å²) in [5.41, 5.74) is 2.20. The molecule has 1 heterocycles. The molecule has 3 aromatic rings. The predicted molar refractivity (Wildman–Crippen MR) is 94.9 cm³/mol. The zero-order valence-corrected chi connectivity index (χ0v) is 13.5. The highest BCUT2D eigenvalue weighted by molar-refractivity contribution is 6.36. The minimum Gasteiger partial charge on any atom is -0.324 e. The van der Waals surface area contributed by atoms with E-state index in [2.05, 4.69) is 10.6 Å². The molecule has 23 heavy (non-hydrogen) atoms. The first-order valence-electron chi connectivity index (χ1n) is 6.88. The Bertz CT molecular complexity index is 814. The minimum absolute atomic E-state index is 0.372. The Morgan fingerprint density at radius 1 is 0.913 bits per heavy atom. The highest BCUT2D eigenvalue weighted by Gasteiger charge is 2.06. The van der Waals surface area contributed by atoms with Gasteiger partial charge in [-0.3, -0.25) is 0 Å². The first-order valence-corrected chi connectivity index (χ1v) is 7.64. The normalized spacial score (nSPS) is 10.3. The van der Waals surface area contributed by atoms with Crippen LogP contribution < -0.4 is 10.6 Å². The second-order valence-electron chi connectivity index (χ2n) is 4.84. The van der Waals surface area contributed by atoms with Gasteiger partial charge in [0.25, 0.3) is 0 Å². The number of halogens is 2. The van der Waals surface area contributed by atoms with Gasteiger partial charge in [0, 0.05) is 28.8 Å². The number of rotatable bonds is 3. The molecule has 0 spiro atoms. The molecule has 2 aromatic carbocycles. The zero-order valence-electron chi connectivity index (χ0n) is 12.0. The molecular formula is C17H13Cl2N3O. The van der Waals surface area contributed by atoms with Crippen LogP contribution in [-0.2, 0) is 0 Å². The fourth-order valence-corrected chi connectivity index (χ4v) is 2.55. The van der Waals surface area contributed by atoms with Crippen molar-refractivity contribution in [2.24, 2.45) is 0 Å². The molecule has 116 valence electrons. The molecule has 0 fully saturated rings. The Morgan fingerprint density at radius 2 is 1.61 bits per heavy atom. The molecule has 0 saturated heterocycles. The summed E-state index contributed by atoms with van der Waals surface area (Å²) in [6.07, 6.45) is 3.91. The third kappa shape index (κ3) is 3.86. The molecule has 0 saturated carbocycles. The zero-order chi connectivity index (χ0) is 16.2. The molecule has 2 amide bonds. The van der Waals surface area contributed by atoms with Crippen LogP contribution in [0.5, 0.6) is 0 Å². The minimum atomic E-state index is -0.372. The van der Waals surface area contributed by atoms with Crippen LogP contribution >= 0.6 is 23.2 Å². The van der Waals surface area contributed by atoms with Gasteiger partial charge in [-0.05, 0) is 54.6 Å². The van der Waals surface area contributed by atoms with Gasteiger partial charge in [0.05, 0.1) is 10.7 Å². The highest BCUT2D eigenvalue weighted by atomic mass is 35.5. The smallest absolute Gasteiger partial charge is 0.323 e. The topological polar surface area (TPSA) is 46.1 Å². The summed E-state index contributed by atoms with van der Waals surface area (Å²) in [4.78, 5) is 12.0. The molecule has 0 aliphatic heterocycles. The second kappa shape index (κ2) is 6.77. The van der Waals surface area contributed by atoms with Crippen LogP contribution in [0.25, 0.3) is 5.69 Å². The first kappa shape index (κ1) is 15.5. The number of carbonyl (C=O) groups is 1. The van der Waals surface area contributed by atoms with Crippen LogP contribution in [0.4, 0.5) is 16.2 Å². The lowest BCUT2D eigenvalue weighted by Gasteiger charge is -2.10. The van der Waals surface area contributed by atoms with Crippen LogP contribution in [0.3, 0.4) is 0 Å². The summed E-state index contributed by atoms with van der Waals surface area (Å²) in [6, 6.07) is 15.9. The van der Waals surface area contributed by atoms with Crippen LogP contribution in [-0.4, -0.2) is 10.6 Å². The van der Waals surface area contributed by atoms with Crippen molar-refractivity contribution in [3.8, 4) is 5.69 Å². The highest BCUT2D eigenvalue weighted by Crippen LogP contribution is 2.25. The van der Waals surface area contributed by atoms with Crippen molar-refractivity contribution in [1.29, 1.82) is 0 Å². The van der Waals surface area contributed by atoms with E-state index < -0.39 is 0 Å². The van der Waals surface area contributed by atoms with Crippen LogP contribution in [0.2, 0.25) is 10.0 Å². The Labute approximate surface area is 143 Å². The van der Waals surface area contributed by atoms with E-state index >= 15 is 0 Å². The quantitative estimate of drug-likeness (QED) is 0.653. The van der Waals surface area contributed by atoms with Gasteiger partial charge >= 0.3 is 6.03 Å². The van der Waals surface area contributed by atoms with Gasteiger partial charge in [-0.1, -0.05) is 23.2 Å². The Morgan fingerprint density at radius 3 is 2.26 bits per heavy atom. The lowest BCUT2D eigenvalue weighted by atomic mass is 10.3. The maximum absolute atomic E-state index is 12.0. The lowest BCUT2D eigenvalue weighted by Crippen LogP contribution is -2.19. The van der Waals surface area contributed by atoms with Crippen molar-refractivity contribution >= 4 is 40.6 Å². The van der Waals surface area contributed by atoms with E-state index in [0.29, 0.717) is 21.4 Å². The van der Waals surface area contributed by atoms with Crippen LogP contribution in [0.1, 0.15) is 0 Å². The number of anilines is 2. The van der Waals surface area contributed by atoms with Crippen molar-refractivity contribution in [3.63, 3.8) is 0 Å². The monoisotopic (exact) mass is 345 g/mol. The average Bonchev–Trinajstić information content (AvgIpc) is 3.05. The maximum Gasteiger partial charge on any atom is 0.323 e. The molecular weight excluding hydrogens is 333 g/mol. The van der Waals surface area contributed by atoms with E-state index in [4.69, 9.17) is 23.2 Å². The molecule has 0 aliphatic carbocycles. The molecule has 0 aliphatic rings. The molecule has 2 N–H and O–H groups in total. The van der Waals surface area contributed by atoms with Crippen molar-refractivity contribution in [2.45, 2.75) is 0 Å². The van der Waals surface area contributed by atoms with Gasteiger partial charge < -0.3 is 15.2 Å². The predicted octanol–water partition coefficient (Wildman–Crippen LogP) is 5.43. The van der Waals surface area contributed by atoms with E-state index in [1.54, 1.807) is 18.2 Å². The van der Waals surface area contributed by atoms with E-state index in [1.165, 1.54) is 0 Å². The Hall–Kier alpha value is -2.43. The summed E-state index contributed by atoms with van der Waals surface area (Å²) in [5.74, 6) is 0. The molecule has 1 aromatic heterocycles. The fourth-order valence-electron chi connectivity index (χ4n) is 2.10. The van der Waals surface area contributed by atoms with Crippen molar-refractivity contribution in [2.75, 3.05) is 10.6 Å². The van der Waals surface area contributed by atoms with E-state index in [9.17, 15) is 4.79 Å². The third-order valence-electron chi connectivity index (χ3n) is 3.21. The van der Waals surface area contributed by atoms with E-state index in [0.717, 1.165) is 5.69 Å². The van der Waals surface area contributed by atoms with Gasteiger partial charge in [0.2, 0.25) is 0 Å². The number of hydrogen-bond acceptors (Lipinski definition) is 1. The molecule has 0 radical (unpaired) electrons. The summed E-state index contributed by atoms with van der Waals surface area (Å²) in [7, 11) is 0. The Balaban J connectivity index is 1.66. The van der Waals surface area contributed by atoms with Gasteiger partial charge in [-0.15, -0.1) is 0 Å². The molecule has 0 bridgehead atoms. The Kier molecular flexibility index (Phi) is 4.55. The molecule has 4 nitrogen and oxygen atoms in total. The third-order valence-corrected chi connectivity index (χ3v) is 3.75. The van der Waals surface area contributed by atoms with Gasteiger partial charge in [-0.2, -0.15) is 0 Å². The maximum atomic E-state index is 12.0. The fraction of sp³-hybridized carbons (Fsp3) is 0. The molecule has 6 heteroatoms. The molecule has 3 rings (SSSR count). The number of urea groups is 1. The van der Waals surface area contributed by atoms with Crippen molar-refractivity contribution < 1.29 is 4.79 Å². The number of nitrogens with one attached hydrogen (secondary N) is 2. The molecule has 0 atom stereocenters. The van der Waals surface area contributed by atoms with Gasteiger partial charge in [0.1, 0.15) is 0 Å². The van der Waals surface area contributed by atoms with Gasteiger partial charge in [-0.25, -0.2) is 4.79 Å². The van der Waals surface area contributed by atoms with Gasteiger partial charge in [0.15, 0.2) is 0 Å². The summed E-state index contributed by atoms with van der Waals surface area (Å²) in [6.45, 7) is 0. The lowest BCUT2D eigenvalue weighted by molar-refractivity contribution is 0.262. The molecule has 0 unspecified atom stereocenters. The number of benzene rings is 2. The standard InChI is InChI=1S/C17H13Cl2N3O/c18-12-3-8-16(15(19)11-12)21-17(23)20-13-4-6-14(7-5-13)22-9-1-2-10-22/h1-11H,(H2,20,21,23). The second-order valence-corrected chi connectivity index (χ2v) is 5.68. The first-order chi connectivity index (χ1) is 11.1. The van der Waals surface area contributed by atoms with E-state index in [-0.39, 0.29) is 6.03 Å². The number of nitrogens with zero attached hydrogens (tertiary/aromatic N) is 1. The largest absolute Gasteiger partial charge is 0.324 e. The number of aromatic nitrogens is 1. The van der Waals surface area contributed by atoms with Crippen molar-refractivity contribution in [3.05, 3.63) is 77.0 Å². The van der Waals surface area contributed by atoms with E-state index in [1.807, 2.05) is 53.4 Å². The summed E-state index contributed by atoms with van der Waals surface area (Å²) < 4.78 is 1.98. The number of hydrogen-bond donors (Lipinski definition) is 2. The van der Waals surface area contributed by atoms with Crippen molar-refractivity contribution in [1.82, 2.24) is 4.57 Å². The van der Waals surface area contributed by atoms with Crippen LogP contribution in [0, 0.1) is 0 Å². The number of amides is 2. The summed E-state index contributed by atoms with van der Waals surface area (Å²) >= 11 is 11.9.